The number of rotatable bonds is 12. The van der Waals surface area contributed by atoms with E-state index in [4.69, 9.17) is 16.3 Å². The summed E-state index contributed by atoms with van der Waals surface area (Å²) in [5, 5.41) is 9.47. The molecule has 0 saturated carbocycles. The van der Waals surface area contributed by atoms with Crippen LogP contribution in [-0.2, 0) is 4.79 Å². The van der Waals surface area contributed by atoms with Gasteiger partial charge in [0.25, 0.3) is 0 Å². The maximum atomic E-state index is 14.4. The predicted octanol–water partition coefficient (Wildman–Crippen LogP) is 7.14. The first-order chi connectivity index (χ1) is 18.6. The first-order valence-corrected chi connectivity index (χ1v) is 13.2. The number of likely N-dealkylation sites (N-methyl/N-ethyl adjacent to an activating group) is 1. The summed E-state index contributed by atoms with van der Waals surface area (Å²) in [6.45, 7) is 0.591. The Morgan fingerprint density at radius 2 is 1.79 bits per heavy atom. The van der Waals surface area contributed by atoms with Gasteiger partial charge in [-0.3, -0.25) is 9.89 Å². The first kappa shape index (κ1) is 27.1. The molecule has 0 spiro atoms. The van der Waals surface area contributed by atoms with Crippen molar-refractivity contribution in [1.29, 1.82) is 0 Å². The fourth-order valence-corrected chi connectivity index (χ4v) is 4.53. The van der Waals surface area contributed by atoms with Crippen LogP contribution in [0.3, 0.4) is 0 Å². The fraction of sp³-hybridized carbons (Fsp3) is 0.226. The maximum Gasteiger partial charge on any atom is 0.243 e. The molecule has 0 bridgehead atoms. The lowest BCUT2D eigenvalue weighted by Gasteiger charge is -2.17. The minimum atomic E-state index is -0.451. The lowest BCUT2D eigenvalue weighted by Crippen LogP contribution is -2.13. The summed E-state index contributed by atoms with van der Waals surface area (Å²) in [4.78, 5) is 11.2. The van der Waals surface area contributed by atoms with Gasteiger partial charge >= 0.3 is 0 Å². The normalized spacial score (nSPS) is 12.1. The lowest BCUT2D eigenvalue weighted by molar-refractivity contribution is -0.116. The average Bonchev–Trinajstić information content (AvgIpc) is 3.33. The monoisotopic (exact) mass is 531 g/mol. The highest BCUT2D eigenvalue weighted by molar-refractivity contribution is 6.18. The zero-order chi connectivity index (χ0) is 26.7. The van der Waals surface area contributed by atoms with Gasteiger partial charge in [0, 0.05) is 12.9 Å². The standard InChI is InChI=1S/C31H31ClFN3O2/c1-34-29(37)11-7-2-3-8-20-38-25-15-12-23(13-16-25)30(26(18-19-32)22-9-5-4-6-10-22)24-14-17-28-27(21-24)31(33)36-35-28/h4-7,9-17,21H,2-3,8,18-20H2,1H3,(H,34,37)(H,35,36)/b11-7+,30-26+. The van der Waals surface area contributed by atoms with E-state index in [9.17, 15) is 9.18 Å². The molecule has 0 fully saturated rings. The highest BCUT2D eigenvalue weighted by atomic mass is 35.5. The number of hydrogen-bond acceptors (Lipinski definition) is 3. The van der Waals surface area contributed by atoms with Gasteiger partial charge in [-0.05, 0) is 83.9 Å². The molecule has 0 atom stereocenters. The van der Waals surface area contributed by atoms with Gasteiger partial charge in [-0.25, -0.2) is 0 Å². The molecule has 1 aromatic heterocycles. The van der Waals surface area contributed by atoms with E-state index in [0.29, 0.717) is 29.8 Å². The number of fused-ring (bicyclic) bond motifs is 1. The third kappa shape index (κ3) is 6.90. The number of unbranched alkanes of at least 4 members (excludes halogenated alkanes) is 2. The van der Waals surface area contributed by atoms with Gasteiger partial charge in [0.1, 0.15) is 5.75 Å². The number of aromatic nitrogens is 2. The quantitative estimate of drug-likeness (QED) is 0.0883. The zero-order valence-corrected chi connectivity index (χ0v) is 22.1. The molecule has 1 heterocycles. The van der Waals surface area contributed by atoms with E-state index < -0.39 is 5.95 Å². The number of benzene rings is 3. The van der Waals surface area contributed by atoms with Gasteiger partial charge in [0.15, 0.2) is 0 Å². The van der Waals surface area contributed by atoms with E-state index in [1.54, 1.807) is 13.1 Å². The molecule has 0 unspecified atom stereocenters. The summed E-state index contributed by atoms with van der Waals surface area (Å²) in [6, 6.07) is 23.8. The average molecular weight is 532 g/mol. The van der Waals surface area contributed by atoms with Crippen LogP contribution in [0.15, 0.2) is 84.9 Å². The highest BCUT2D eigenvalue weighted by Gasteiger charge is 2.16. The number of nitrogens with one attached hydrogen (secondary N) is 2. The Bertz CT molecular complexity index is 1410. The number of H-pyrrole nitrogens is 1. The Kier molecular flexibility index (Phi) is 9.71. The second-order valence-electron chi connectivity index (χ2n) is 8.81. The summed E-state index contributed by atoms with van der Waals surface area (Å²) in [5.41, 5.74) is 5.61. The van der Waals surface area contributed by atoms with Crippen LogP contribution in [-0.4, -0.2) is 35.6 Å². The van der Waals surface area contributed by atoms with Gasteiger partial charge in [0.05, 0.1) is 17.5 Å². The van der Waals surface area contributed by atoms with Gasteiger partial charge in [0.2, 0.25) is 11.9 Å². The van der Waals surface area contributed by atoms with Crippen LogP contribution in [0.25, 0.3) is 22.0 Å². The van der Waals surface area contributed by atoms with Crippen molar-refractivity contribution in [2.24, 2.45) is 0 Å². The molecule has 38 heavy (non-hydrogen) atoms. The smallest absolute Gasteiger partial charge is 0.243 e. The van der Waals surface area contributed by atoms with Crippen molar-refractivity contribution in [3.63, 3.8) is 0 Å². The third-order valence-corrected chi connectivity index (χ3v) is 6.45. The Morgan fingerprint density at radius 3 is 2.53 bits per heavy atom. The molecular formula is C31H31ClFN3O2. The Morgan fingerprint density at radius 1 is 1.03 bits per heavy atom. The molecule has 4 rings (SSSR count). The van der Waals surface area contributed by atoms with Crippen LogP contribution in [0.5, 0.6) is 5.75 Å². The molecule has 0 radical (unpaired) electrons. The van der Waals surface area contributed by atoms with Crippen LogP contribution >= 0.6 is 11.6 Å². The van der Waals surface area contributed by atoms with Crippen molar-refractivity contribution in [3.05, 3.63) is 108 Å². The summed E-state index contributed by atoms with van der Waals surface area (Å²) >= 11 is 6.27. The Balaban J connectivity index is 1.58. The molecular weight excluding hydrogens is 501 g/mol. The number of hydrogen-bond donors (Lipinski definition) is 2. The van der Waals surface area contributed by atoms with Gasteiger partial charge in [-0.15, -0.1) is 11.6 Å². The number of carbonyl (C=O) groups excluding carboxylic acids is 1. The number of aromatic amines is 1. The van der Waals surface area contributed by atoms with Gasteiger partial charge in [-0.2, -0.15) is 9.49 Å². The zero-order valence-electron chi connectivity index (χ0n) is 21.3. The van der Waals surface area contributed by atoms with Gasteiger partial charge < -0.3 is 10.1 Å². The van der Waals surface area contributed by atoms with E-state index in [0.717, 1.165) is 52.8 Å². The van der Waals surface area contributed by atoms with Crippen molar-refractivity contribution < 1.29 is 13.9 Å². The summed E-state index contributed by atoms with van der Waals surface area (Å²) in [5.74, 6) is 0.692. The predicted molar refractivity (Wildman–Crippen MR) is 153 cm³/mol. The summed E-state index contributed by atoms with van der Waals surface area (Å²) < 4.78 is 20.3. The number of amides is 1. The van der Waals surface area contributed by atoms with Crippen molar-refractivity contribution >= 4 is 39.6 Å². The number of nitrogens with zero attached hydrogens (tertiary/aromatic N) is 1. The van der Waals surface area contributed by atoms with Gasteiger partial charge in [-0.1, -0.05) is 54.6 Å². The maximum absolute atomic E-state index is 14.4. The minimum Gasteiger partial charge on any atom is -0.494 e. The number of carbonyl (C=O) groups is 1. The topological polar surface area (TPSA) is 67.0 Å². The largest absolute Gasteiger partial charge is 0.494 e. The molecule has 2 N–H and O–H groups in total. The second-order valence-corrected chi connectivity index (χ2v) is 9.19. The van der Waals surface area contributed by atoms with Crippen molar-refractivity contribution in [2.45, 2.75) is 25.7 Å². The van der Waals surface area contributed by atoms with Crippen molar-refractivity contribution in [1.82, 2.24) is 15.5 Å². The molecule has 5 nitrogen and oxygen atoms in total. The van der Waals surface area contributed by atoms with E-state index in [-0.39, 0.29) is 5.91 Å². The number of ether oxygens (including phenoxy) is 1. The Labute approximate surface area is 227 Å². The Hall–Kier alpha value is -3.90. The SMILES string of the molecule is CNC(=O)/C=C/CCCCOc1ccc(/C(=C(/CCCl)c2ccccc2)c2ccc3n[nH]c(F)c3c2)cc1. The molecule has 0 saturated heterocycles. The van der Waals surface area contributed by atoms with Crippen LogP contribution in [0.4, 0.5) is 4.39 Å². The number of alkyl halides is 1. The molecule has 0 aliphatic rings. The summed E-state index contributed by atoms with van der Waals surface area (Å²) in [7, 11) is 1.61. The molecule has 7 heteroatoms. The molecule has 1 amide bonds. The highest BCUT2D eigenvalue weighted by Crippen LogP contribution is 2.36. The molecule has 3 aromatic carbocycles. The van der Waals surface area contributed by atoms with E-state index in [1.807, 2.05) is 66.7 Å². The molecule has 0 aliphatic carbocycles. The lowest BCUT2D eigenvalue weighted by atomic mass is 9.88. The molecule has 0 aliphatic heterocycles. The van der Waals surface area contributed by atoms with Crippen LogP contribution < -0.4 is 10.1 Å². The van der Waals surface area contributed by atoms with Crippen LogP contribution in [0.2, 0.25) is 0 Å². The van der Waals surface area contributed by atoms with E-state index in [1.165, 1.54) is 0 Å². The van der Waals surface area contributed by atoms with E-state index >= 15 is 0 Å². The van der Waals surface area contributed by atoms with Crippen molar-refractivity contribution in [2.75, 3.05) is 19.5 Å². The molecule has 4 aromatic rings. The summed E-state index contributed by atoms with van der Waals surface area (Å²) in [6.07, 6.45) is 6.73. The first-order valence-electron chi connectivity index (χ1n) is 12.7. The third-order valence-electron chi connectivity index (χ3n) is 6.26. The minimum absolute atomic E-state index is 0.0916. The van der Waals surface area contributed by atoms with Crippen LogP contribution in [0, 0.1) is 5.95 Å². The molecule has 196 valence electrons. The number of halogens is 2. The second kappa shape index (κ2) is 13.6. The fourth-order valence-electron chi connectivity index (χ4n) is 4.34. The van der Waals surface area contributed by atoms with E-state index in [2.05, 4.69) is 27.6 Å². The number of allylic oxidation sites excluding steroid dienone is 2. The van der Waals surface area contributed by atoms with Crippen molar-refractivity contribution in [3.8, 4) is 5.75 Å². The van der Waals surface area contributed by atoms with Crippen LogP contribution in [0.1, 0.15) is 42.4 Å².